The molecule has 2 saturated heterocycles. The summed E-state index contributed by atoms with van der Waals surface area (Å²) in [6.45, 7) is 4.36. The van der Waals surface area contributed by atoms with Gasteiger partial charge in [0.15, 0.2) is 12.6 Å². The highest BCUT2D eigenvalue weighted by molar-refractivity contribution is 7.47. The summed E-state index contributed by atoms with van der Waals surface area (Å²) >= 11 is 0. The molecule has 26 heteroatoms. The number of aliphatic hydroxyl groups excluding tert-OH is 5. The second-order valence-electron chi connectivity index (χ2n) is 23.9. The number of esters is 1. The first-order chi connectivity index (χ1) is 41.8. The van der Waals surface area contributed by atoms with Crippen LogP contribution < -0.4 is 16.4 Å². The van der Waals surface area contributed by atoms with Gasteiger partial charge in [-0.25, -0.2) is 9.13 Å². The van der Waals surface area contributed by atoms with Crippen LogP contribution in [0.2, 0.25) is 0 Å². The fourth-order valence-corrected chi connectivity index (χ4v) is 12.2. The van der Waals surface area contributed by atoms with Gasteiger partial charge >= 0.3 is 21.6 Å². The van der Waals surface area contributed by atoms with Crippen LogP contribution in [0.25, 0.3) is 0 Å². The van der Waals surface area contributed by atoms with E-state index in [2.05, 4.69) is 31.4 Å². The topological polar surface area (TPSA) is 371 Å². The monoisotopic (exact) mass is 1290 g/mol. The van der Waals surface area contributed by atoms with Gasteiger partial charge in [-0.15, -0.1) is 0 Å². The fourth-order valence-electron chi connectivity index (χ4n) is 10.9. The molecule has 1 unspecified atom stereocenters. The molecule has 12 N–H and O–H groups in total. The number of carbonyl (C=O) groups is 3. The van der Waals surface area contributed by atoms with Crippen LogP contribution in [0.4, 0.5) is 0 Å². The lowest BCUT2D eigenvalue weighted by Crippen LogP contribution is -2.67. The average Bonchev–Trinajstić information content (AvgIpc) is 1.25. The molecule has 2 fully saturated rings. The van der Waals surface area contributed by atoms with E-state index in [1.54, 1.807) is 0 Å². The summed E-state index contributed by atoms with van der Waals surface area (Å²) in [6, 6.07) is -3.19. The predicted molar refractivity (Wildman–Crippen MR) is 330 cm³/mol. The minimum Gasteiger partial charge on any atom is -0.462 e. The van der Waals surface area contributed by atoms with Crippen LogP contribution in [0.1, 0.15) is 258 Å². The second-order valence-corrected chi connectivity index (χ2v) is 26.5. The van der Waals surface area contributed by atoms with E-state index >= 15 is 0 Å². The summed E-state index contributed by atoms with van der Waals surface area (Å²) in [4.78, 5) is 70.8. The number of hydrogen-bond donors (Lipinski definition) is 11. The molecule has 0 spiro atoms. The third-order valence-corrected chi connectivity index (χ3v) is 17.5. The highest BCUT2D eigenvalue weighted by atomic mass is 31.2. The van der Waals surface area contributed by atoms with Crippen LogP contribution in [0, 0.1) is 0 Å². The number of unbranched alkanes of at least 4 members (excludes halogenated alkanes) is 28. The van der Waals surface area contributed by atoms with E-state index < -0.39 is 133 Å². The highest BCUT2D eigenvalue weighted by Gasteiger charge is 2.51. The van der Waals surface area contributed by atoms with Crippen LogP contribution in [0.5, 0.6) is 0 Å². The fraction of sp³-hybridized carbons (Fsp3) is 0.951. The van der Waals surface area contributed by atoms with Crippen LogP contribution in [0.3, 0.4) is 0 Å². The van der Waals surface area contributed by atoms with Gasteiger partial charge in [-0.05, 0) is 45.1 Å². The van der Waals surface area contributed by atoms with Gasteiger partial charge in [0.2, 0.25) is 11.8 Å². The van der Waals surface area contributed by atoms with Crippen LogP contribution in [0.15, 0.2) is 0 Å². The lowest BCUT2D eigenvalue weighted by molar-refractivity contribution is -0.303. The zero-order valence-corrected chi connectivity index (χ0v) is 55.0. The Morgan fingerprint density at radius 2 is 0.977 bits per heavy atom. The summed E-state index contributed by atoms with van der Waals surface area (Å²) in [5, 5.41) is 61.3. The number of amides is 2. The zero-order valence-electron chi connectivity index (χ0n) is 53.2. The molecule has 0 saturated carbocycles. The van der Waals surface area contributed by atoms with Crippen molar-refractivity contribution in [2.45, 2.75) is 332 Å². The van der Waals surface area contributed by atoms with Crippen molar-refractivity contribution in [1.29, 1.82) is 0 Å². The maximum Gasteiger partial charge on any atom is 0.472 e. The van der Waals surface area contributed by atoms with Crippen molar-refractivity contribution in [3.63, 3.8) is 0 Å². The van der Waals surface area contributed by atoms with Crippen molar-refractivity contribution < 1.29 is 101 Å². The number of nitrogens with two attached hydrogens (primary N) is 1. The first-order valence-electron chi connectivity index (χ1n) is 33.5. The summed E-state index contributed by atoms with van der Waals surface area (Å²) in [5.74, 6) is -1.93. The molecule has 13 atom stereocenters. The van der Waals surface area contributed by atoms with Crippen molar-refractivity contribution in [1.82, 2.24) is 10.6 Å². The van der Waals surface area contributed by atoms with Crippen molar-refractivity contribution in [3.05, 3.63) is 0 Å². The number of hydrogen-bond acceptors (Lipinski definition) is 19. The molecule has 2 aliphatic heterocycles. The maximum absolute atomic E-state index is 14.1. The summed E-state index contributed by atoms with van der Waals surface area (Å²) < 4.78 is 69.8. The molecule has 0 aromatic heterocycles. The minimum absolute atomic E-state index is 0.0503. The van der Waals surface area contributed by atoms with E-state index in [-0.39, 0.29) is 25.9 Å². The molecule has 514 valence electrons. The van der Waals surface area contributed by atoms with Crippen LogP contribution >= 0.6 is 15.6 Å². The number of carbonyl (C=O) groups excluding carboxylic acids is 3. The molecular weight excluding hydrogens is 1170 g/mol. The van der Waals surface area contributed by atoms with Gasteiger partial charge in [-0.1, -0.05) is 201 Å². The Labute approximate surface area is 520 Å². The first-order valence-corrected chi connectivity index (χ1v) is 36.5. The van der Waals surface area contributed by atoms with Gasteiger partial charge in [0.1, 0.15) is 54.8 Å². The number of phosphoric ester groups is 2. The maximum atomic E-state index is 14.1. The van der Waals surface area contributed by atoms with Crippen molar-refractivity contribution in [3.8, 4) is 0 Å². The Morgan fingerprint density at radius 1 is 0.529 bits per heavy atom. The molecule has 0 radical (unpaired) electrons. The van der Waals surface area contributed by atoms with Crippen LogP contribution in [-0.4, -0.2) is 171 Å². The van der Waals surface area contributed by atoms with E-state index in [4.69, 9.17) is 43.0 Å². The number of aliphatic hydroxyl groups is 5. The van der Waals surface area contributed by atoms with E-state index in [9.17, 15) is 63.7 Å². The zero-order chi connectivity index (χ0) is 64.1. The molecule has 0 aliphatic carbocycles. The Morgan fingerprint density at radius 3 is 1.51 bits per heavy atom. The van der Waals surface area contributed by atoms with E-state index in [0.717, 1.165) is 116 Å². The van der Waals surface area contributed by atoms with Crippen molar-refractivity contribution >= 4 is 33.4 Å². The standard InChI is InChI=1S/C61H119N3O21P2/c1-4-7-10-13-16-19-22-26-31-36-47(66)43-51(67)63-54-57(71)56(70)50(84-60(54)78-41-42-81-87(76,77)80-40-35-30-25-29-34-39-62)46-79-61-55(58(72)59(49(45-65)83-61)85-86(73,74)75)64-52(68)44-48(37-32-27-23-20-17-14-11-8-5-2)82-53(69)38-33-28-24-21-18-15-12-9-6-3/h47-50,54-61,65-66,70-72H,4-46,62H2,1-3H3,(H,63,67)(H,64,68)(H,76,77)(H2,73,74,75)/t47-,48-,49-,50-,54-,55-,56-,57-,58-,59-,60+,61-/m1/s1. The minimum atomic E-state index is -5.37. The molecule has 24 nitrogen and oxygen atoms in total. The van der Waals surface area contributed by atoms with Gasteiger partial charge in [-0.3, -0.25) is 28.0 Å². The van der Waals surface area contributed by atoms with Crippen LogP contribution in [-0.2, 0) is 60.8 Å². The summed E-state index contributed by atoms with van der Waals surface area (Å²) in [5.41, 5.74) is 5.55. The third-order valence-electron chi connectivity index (χ3n) is 16.0. The van der Waals surface area contributed by atoms with Gasteiger partial charge in [0.05, 0.1) is 52.0 Å². The molecule has 0 aromatic rings. The second kappa shape index (κ2) is 49.8. The smallest absolute Gasteiger partial charge is 0.462 e. The Balaban J connectivity index is 2.30. The average molecular weight is 1290 g/mol. The summed E-state index contributed by atoms with van der Waals surface area (Å²) in [7, 11) is -9.92. The Hall–Kier alpha value is -1.77. The molecule has 2 amide bonds. The lowest BCUT2D eigenvalue weighted by atomic mass is 9.95. The highest BCUT2D eigenvalue weighted by Crippen LogP contribution is 2.44. The Bertz CT molecular complexity index is 1840. The van der Waals surface area contributed by atoms with E-state index in [0.29, 0.717) is 45.1 Å². The molecule has 2 aliphatic rings. The van der Waals surface area contributed by atoms with E-state index in [1.165, 1.54) is 64.2 Å². The van der Waals surface area contributed by atoms with Gasteiger partial charge in [-0.2, -0.15) is 0 Å². The number of ether oxygens (including phenoxy) is 5. The largest absolute Gasteiger partial charge is 0.472 e. The van der Waals surface area contributed by atoms with E-state index in [1.807, 2.05) is 0 Å². The molecule has 0 bridgehead atoms. The molecule has 87 heavy (non-hydrogen) atoms. The number of nitrogens with one attached hydrogen (secondary N) is 2. The normalized spacial score (nSPS) is 23.9. The predicted octanol–water partition coefficient (Wildman–Crippen LogP) is 8.85. The molecular formula is C61H119N3O21P2. The van der Waals surface area contributed by atoms with Gasteiger partial charge in [0, 0.05) is 6.42 Å². The lowest BCUT2D eigenvalue weighted by Gasteiger charge is -2.45. The molecule has 2 rings (SSSR count). The quantitative estimate of drug-likeness (QED) is 0.0154. The number of rotatable bonds is 56. The van der Waals surface area contributed by atoms with Crippen molar-refractivity contribution in [2.75, 3.05) is 39.6 Å². The molecule has 2 heterocycles. The molecule has 0 aromatic carbocycles. The van der Waals surface area contributed by atoms with Gasteiger partial charge < -0.3 is 80.3 Å². The number of phosphoric acid groups is 2. The van der Waals surface area contributed by atoms with Gasteiger partial charge in [0.25, 0.3) is 0 Å². The third kappa shape index (κ3) is 38.8. The Kier molecular flexibility index (Phi) is 46.6. The van der Waals surface area contributed by atoms with Crippen molar-refractivity contribution in [2.24, 2.45) is 5.73 Å². The summed E-state index contributed by atoms with van der Waals surface area (Å²) in [6.07, 6.45) is 16.3. The first kappa shape index (κ1) is 81.3. The SMILES string of the molecule is CCCCCCCCCCCC(=O)O[C@H](CCCCCCCCCCC)CC(=O)N[C@H]1[C@H](OC[C@H]2O[C@H](OCCOP(=O)(O)OCCCCCCCN)[C@H](NC(=O)C[C@H](O)CCCCCCCCCCC)[C@@H](O)[C@@H]2O)O[C@H](CO)[C@@H](OP(=O)(O)O)[C@@H]1O.